The number of hydrogen-bond donors (Lipinski definition) is 2. The van der Waals surface area contributed by atoms with E-state index in [0.717, 1.165) is 5.56 Å². The summed E-state index contributed by atoms with van der Waals surface area (Å²) >= 11 is 1.69. The minimum Gasteiger partial charge on any atom is -0.347 e. The Morgan fingerprint density at radius 2 is 1.80 bits per heavy atom. The van der Waals surface area contributed by atoms with Crippen LogP contribution in [0.2, 0.25) is 0 Å². The first-order valence-electron chi connectivity index (χ1n) is 8.15. The van der Waals surface area contributed by atoms with E-state index < -0.39 is 0 Å². The average Bonchev–Trinajstić information content (AvgIpc) is 3.17. The normalized spacial score (nSPS) is 11.9. The fraction of sp³-hybridized carbons (Fsp3) is 0.150. The van der Waals surface area contributed by atoms with Crippen molar-refractivity contribution in [3.8, 4) is 0 Å². The number of rotatable bonds is 7. The minimum atomic E-state index is -0.273. The highest BCUT2D eigenvalue weighted by Gasteiger charge is 2.19. The van der Waals surface area contributed by atoms with Crippen molar-refractivity contribution in [2.24, 2.45) is 0 Å². The predicted molar refractivity (Wildman–Crippen MR) is 97.6 cm³/mol. The number of benzene rings is 2. The summed E-state index contributed by atoms with van der Waals surface area (Å²) in [7, 11) is 0. The van der Waals surface area contributed by atoms with Crippen LogP contribution in [-0.2, 0) is 11.3 Å². The monoisotopic (exact) mass is 355 g/mol. The molecule has 3 N–H and O–H groups in total. The van der Waals surface area contributed by atoms with Crippen molar-refractivity contribution in [1.82, 2.24) is 5.32 Å². The summed E-state index contributed by atoms with van der Waals surface area (Å²) in [4.78, 5) is 13.4. The molecule has 128 valence electrons. The Hall–Kier alpha value is -2.50. The number of halogens is 1. The Labute approximate surface area is 150 Å². The van der Waals surface area contributed by atoms with Gasteiger partial charge in [-0.05, 0) is 29.1 Å². The largest absolute Gasteiger partial charge is 0.347 e. The van der Waals surface area contributed by atoms with Crippen molar-refractivity contribution in [2.75, 3.05) is 6.54 Å². The highest BCUT2D eigenvalue weighted by atomic mass is 32.1. The van der Waals surface area contributed by atoms with E-state index in [-0.39, 0.29) is 17.8 Å². The van der Waals surface area contributed by atoms with Crippen LogP contribution in [0.1, 0.15) is 22.0 Å². The number of amides is 1. The van der Waals surface area contributed by atoms with Gasteiger partial charge in [0.1, 0.15) is 11.9 Å². The smallest absolute Gasteiger partial charge is 0.275 e. The number of nitrogens with two attached hydrogens (primary N) is 1. The molecular weight excluding hydrogens is 335 g/mol. The van der Waals surface area contributed by atoms with Crippen molar-refractivity contribution in [2.45, 2.75) is 12.6 Å². The Kier molecular flexibility index (Phi) is 5.93. The Morgan fingerprint density at radius 1 is 1.04 bits per heavy atom. The number of nitrogens with one attached hydrogen (secondary N) is 1. The average molecular weight is 355 g/mol. The molecule has 0 saturated carbocycles. The summed E-state index contributed by atoms with van der Waals surface area (Å²) in [5.74, 6) is -0.313. The summed E-state index contributed by atoms with van der Waals surface area (Å²) in [6.45, 7) is 0.737. The van der Waals surface area contributed by atoms with Gasteiger partial charge in [-0.3, -0.25) is 4.79 Å². The van der Waals surface area contributed by atoms with E-state index in [1.54, 1.807) is 23.5 Å². The zero-order valence-electron chi connectivity index (χ0n) is 13.7. The Bertz CT molecular complexity index is 788. The van der Waals surface area contributed by atoms with Gasteiger partial charge in [0, 0.05) is 12.1 Å². The summed E-state index contributed by atoms with van der Waals surface area (Å²) in [5, 5.41) is 6.97. The van der Waals surface area contributed by atoms with E-state index in [1.165, 1.54) is 22.6 Å². The van der Waals surface area contributed by atoms with Gasteiger partial charge in [-0.2, -0.15) is 0 Å². The topological polar surface area (TPSA) is 45.7 Å². The molecule has 0 fully saturated rings. The maximum absolute atomic E-state index is 12.9. The highest BCUT2D eigenvalue weighted by molar-refractivity contribution is 7.10. The van der Waals surface area contributed by atoms with Crippen LogP contribution < -0.4 is 10.6 Å². The Morgan fingerprint density at radius 3 is 2.48 bits per heavy atom. The molecule has 0 spiro atoms. The Balaban J connectivity index is 1.57. The molecule has 5 heteroatoms. The van der Waals surface area contributed by atoms with Gasteiger partial charge in [0.2, 0.25) is 0 Å². The molecule has 0 bridgehead atoms. The molecule has 25 heavy (non-hydrogen) atoms. The van der Waals surface area contributed by atoms with Crippen LogP contribution in [0, 0.1) is 5.82 Å². The third kappa shape index (κ3) is 4.98. The quantitative estimate of drug-likeness (QED) is 0.673. The fourth-order valence-electron chi connectivity index (χ4n) is 2.65. The van der Waals surface area contributed by atoms with Crippen molar-refractivity contribution >= 4 is 17.2 Å². The molecule has 1 atom stereocenters. The van der Waals surface area contributed by atoms with E-state index in [0.29, 0.717) is 13.1 Å². The van der Waals surface area contributed by atoms with Gasteiger partial charge in [0.25, 0.3) is 5.91 Å². The molecule has 1 amide bonds. The van der Waals surface area contributed by atoms with Gasteiger partial charge in [-0.15, -0.1) is 11.3 Å². The molecule has 3 aromatic rings. The van der Waals surface area contributed by atoms with E-state index in [2.05, 4.69) is 23.5 Å². The number of carbonyl (C=O) groups excluding carboxylic acids is 1. The van der Waals surface area contributed by atoms with Crippen molar-refractivity contribution in [1.29, 1.82) is 0 Å². The van der Waals surface area contributed by atoms with Crippen LogP contribution >= 0.6 is 11.3 Å². The lowest BCUT2D eigenvalue weighted by Crippen LogP contribution is -2.87. The first-order chi connectivity index (χ1) is 12.2. The molecule has 0 radical (unpaired) electrons. The molecule has 3 nitrogen and oxygen atoms in total. The first-order valence-corrected chi connectivity index (χ1v) is 9.03. The summed E-state index contributed by atoms with van der Waals surface area (Å²) in [6, 6.07) is 20.6. The molecule has 0 aliphatic rings. The molecule has 1 heterocycles. The van der Waals surface area contributed by atoms with Crippen LogP contribution in [-0.4, -0.2) is 12.5 Å². The lowest BCUT2D eigenvalue weighted by atomic mass is 10.1. The second-order valence-electron chi connectivity index (χ2n) is 5.75. The summed E-state index contributed by atoms with van der Waals surface area (Å²) in [5.41, 5.74) is 2.06. The van der Waals surface area contributed by atoms with E-state index in [4.69, 9.17) is 0 Å². The van der Waals surface area contributed by atoms with Crippen LogP contribution in [0.15, 0.2) is 72.1 Å². The summed E-state index contributed by atoms with van der Waals surface area (Å²) < 4.78 is 12.9. The SMILES string of the molecule is O=C(C[NH2+][C@H](c1ccccc1)c1cccs1)NCc1ccc(F)cc1. The standard InChI is InChI=1S/C20H19FN2OS/c21-17-10-8-15(9-11-17)13-22-19(24)14-23-20(18-7-4-12-25-18)16-5-2-1-3-6-16/h1-12,20,23H,13-14H2,(H,22,24)/p+1/t20-/m1/s1. The van der Waals surface area contributed by atoms with Crippen LogP contribution in [0.4, 0.5) is 4.39 Å². The van der Waals surface area contributed by atoms with Gasteiger partial charge < -0.3 is 10.6 Å². The molecule has 0 aliphatic heterocycles. The third-order valence-electron chi connectivity index (χ3n) is 3.95. The van der Waals surface area contributed by atoms with E-state index in [1.807, 2.05) is 35.0 Å². The molecule has 3 rings (SSSR count). The lowest BCUT2D eigenvalue weighted by Gasteiger charge is -2.14. The molecule has 1 aromatic heterocycles. The lowest BCUT2D eigenvalue weighted by molar-refractivity contribution is -0.676. The molecule has 0 saturated heterocycles. The fourth-order valence-corrected chi connectivity index (χ4v) is 3.50. The minimum absolute atomic E-state index is 0.0400. The summed E-state index contributed by atoms with van der Waals surface area (Å²) in [6.07, 6.45) is 0. The second kappa shape index (κ2) is 8.55. The zero-order chi connectivity index (χ0) is 17.5. The van der Waals surface area contributed by atoms with E-state index >= 15 is 0 Å². The van der Waals surface area contributed by atoms with Gasteiger partial charge in [-0.1, -0.05) is 48.5 Å². The first kappa shape index (κ1) is 17.3. The number of hydrogen-bond acceptors (Lipinski definition) is 2. The van der Waals surface area contributed by atoms with Crippen molar-refractivity contribution < 1.29 is 14.5 Å². The van der Waals surface area contributed by atoms with E-state index in [9.17, 15) is 9.18 Å². The van der Waals surface area contributed by atoms with Crippen molar-refractivity contribution in [3.05, 3.63) is 93.9 Å². The second-order valence-corrected chi connectivity index (χ2v) is 6.73. The van der Waals surface area contributed by atoms with Gasteiger partial charge in [0.15, 0.2) is 6.54 Å². The highest BCUT2D eigenvalue weighted by Crippen LogP contribution is 2.22. The third-order valence-corrected chi connectivity index (χ3v) is 4.91. The molecule has 0 aliphatic carbocycles. The van der Waals surface area contributed by atoms with Crippen molar-refractivity contribution in [3.63, 3.8) is 0 Å². The maximum Gasteiger partial charge on any atom is 0.275 e. The maximum atomic E-state index is 12.9. The van der Waals surface area contributed by atoms with Gasteiger partial charge in [0.05, 0.1) is 4.88 Å². The number of quaternary nitrogens is 1. The van der Waals surface area contributed by atoms with Crippen LogP contribution in [0.25, 0.3) is 0 Å². The molecule has 2 aromatic carbocycles. The predicted octanol–water partition coefficient (Wildman–Crippen LogP) is 2.86. The van der Waals surface area contributed by atoms with Gasteiger partial charge in [-0.25, -0.2) is 4.39 Å². The molecule has 0 unspecified atom stereocenters. The number of carbonyl (C=O) groups is 1. The zero-order valence-corrected chi connectivity index (χ0v) is 14.5. The molecular formula is C20H20FN2OS+. The van der Waals surface area contributed by atoms with Gasteiger partial charge >= 0.3 is 0 Å². The van der Waals surface area contributed by atoms with Crippen LogP contribution in [0.5, 0.6) is 0 Å². The number of thiophene rings is 1. The van der Waals surface area contributed by atoms with Crippen LogP contribution in [0.3, 0.4) is 0 Å².